The fraction of sp³-hybridized carbons (Fsp3) is 0.250. The van der Waals surface area contributed by atoms with Gasteiger partial charge in [0.2, 0.25) is 0 Å². The highest BCUT2D eigenvalue weighted by Crippen LogP contribution is 2.28. The number of aliphatic hydroxyl groups excluding tert-OH is 1. The predicted molar refractivity (Wildman–Crippen MR) is 82.5 cm³/mol. The number of aliphatic hydroxyl groups is 1. The molecule has 0 radical (unpaired) electrons. The van der Waals surface area contributed by atoms with Gasteiger partial charge in [-0.3, -0.25) is 0 Å². The van der Waals surface area contributed by atoms with Crippen molar-refractivity contribution in [3.63, 3.8) is 0 Å². The smallest absolute Gasteiger partial charge is 0.124 e. The van der Waals surface area contributed by atoms with Crippen molar-refractivity contribution in [2.24, 2.45) is 0 Å². The van der Waals surface area contributed by atoms with Gasteiger partial charge in [-0.05, 0) is 37.3 Å². The standard InChI is InChI=1S/C16H18ClNO2/c1-2-20-16-6-4-3-5-14(16)15(11-19)18-13-9-7-12(17)8-10-13/h3-10,15,18-19H,2,11H2,1H3. The van der Waals surface area contributed by atoms with Crippen molar-refractivity contribution in [2.75, 3.05) is 18.5 Å². The first-order chi connectivity index (χ1) is 9.74. The maximum Gasteiger partial charge on any atom is 0.124 e. The van der Waals surface area contributed by atoms with Gasteiger partial charge in [-0.15, -0.1) is 0 Å². The first-order valence-electron chi connectivity index (χ1n) is 6.59. The number of rotatable bonds is 6. The molecule has 0 saturated carbocycles. The Labute approximate surface area is 124 Å². The van der Waals surface area contributed by atoms with Crippen molar-refractivity contribution in [3.05, 3.63) is 59.1 Å². The third-order valence-corrected chi connectivity index (χ3v) is 3.21. The van der Waals surface area contributed by atoms with Crippen molar-refractivity contribution in [1.29, 1.82) is 0 Å². The van der Waals surface area contributed by atoms with Gasteiger partial charge in [0.1, 0.15) is 5.75 Å². The van der Waals surface area contributed by atoms with E-state index in [0.717, 1.165) is 17.0 Å². The quantitative estimate of drug-likeness (QED) is 0.848. The van der Waals surface area contributed by atoms with Crippen LogP contribution in [0.25, 0.3) is 0 Å². The molecule has 0 aliphatic rings. The van der Waals surface area contributed by atoms with Crippen molar-refractivity contribution in [2.45, 2.75) is 13.0 Å². The Kier molecular flexibility index (Phi) is 5.27. The Morgan fingerprint density at radius 1 is 1.15 bits per heavy atom. The second-order valence-electron chi connectivity index (χ2n) is 4.36. The van der Waals surface area contributed by atoms with Crippen LogP contribution in [-0.4, -0.2) is 18.3 Å². The number of para-hydroxylation sites is 1. The molecular formula is C16H18ClNO2. The summed E-state index contributed by atoms with van der Waals surface area (Å²) in [6.07, 6.45) is 0. The Bertz CT molecular complexity index is 542. The normalized spacial score (nSPS) is 11.9. The van der Waals surface area contributed by atoms with Gasteiger partial charge in [-0.1, -0.05) is 29.8 Å². The summed E-state index contributed by atoms with van der Waals surface area (Å²) in [5.74, 6) is 0.788. The minimum atomic E-state index is -0.223. The second-order valence-corrected chi connectivity index (χ2v) is 4.79. The molecule has 2 N–H and O–H groups in total. The molecule has 106 valence electrons. The molecule has 0 aromatic heterocycles. The second kappa shape index (κ2) is 7.17. The zero-order valence-corrected chi connectivity index (χ0v) is 12.1. The van der Waals surface area contributed by atoms with Crippen LogP contribution in [0.5, 0.6) is 5.75 Å². The van der Waals surface area contributed by atoms with E-state index >= 15 is 0 Å². The Balaban J connectivity index is 2.21. The van der Waals surface area contributed by atoms with Crippen LogP contribution in [0.1, 0.15) is 18.5 Å². The zero-order valence-electron chi connectivity index (χ0n) is 11.3. The van der Waals surface area contributed by atoms with Gasteiger partial charge in [0.05, 0.1) is 19.3 Å². The lowest BCUT2D eigenvalue weighted by atomic mass is 10.1. The van der Waals surface area contributed by atoms with Crippen LogP contribution in [0, 0.1) is 0 Å². The number of anilines is 1. The molecule has 4 heteroatoms. The van der Waals surface area contributed by atoms with Gasteiger partial charge in [0.25, 0.3) is 0 Å². The van der Waals surface area contributed by atoms with Gasteiger partial charge in [-0.2, -0.15) is 0 Å². The zero-order chi connectivity index (χ0) is 14.4. The summed E-state index contributed by atoms with van der Waals surface area (Å²) in [4.78, 5) is 0. The molecule has 1 unspecified atom stereocenters. The molecule has 2 aromatic rings. The van der Waals surface area contributed by atoms with Crippen LogP contribution >= 0.6 is 11.6 Å². The summed E-state index contributed by atoms with van der Waals surface area (Å²) in [7, 11) is 0. The summed E-state index contributed by atoms with van der Waals surface area (Å²) in [6, 6.07) is 14.9. The number of hydrogen-bond acceptors (Lipinski definition) is 3. The highest BCUT2D eigenvalue weighted by Gasteiger charge is 2.15. The molecule has 0 fully saturated rings. The van der Waals surface area contributed by atoms with E-state index in [4.69, 9.17) is 16.3 Å². The Morgan fingerprint density at radius 2 is 1.85 bits per heavy atom. The molecule has 0 bridgehead atoms. The maximum atomic E-state index is 9.64. The van der Waals surface area contributed by atoms with Gasteiger partial charge in [0, 0.05) is 16.3 Å². The Morgan fingerprint density at radius 3 is 2.50 bits per heavy atom. The first-order valence-corrected chi connectivity index (χ1v) is 6.97. The van der Waals surface area contributed by atoms with Crippen molar-refractivity contribution < 1.29 is 9.84 Å². The highest BCUT2D eigenvalue weighted by atomic mass is 35.5. The monoisotopic (exact) mass is 291 g/mol. The van der Waals surface area contributed by atoms with Crippen LogP contribution in [0.2, 0.25) is 5.02 Å². The minimum Gasteiger partial charge on any atom is -0.494 e. The molecule has 0 aliphatic heterocycles. The van der Waals surface area contributed by atoms with E-state index in [9.17, 15) is 5.11 Å². The van der Waals surface area contributed by atoms with Gasteiger partial charge >= 0.3 is 0 Å². The molecule has 0 aliphatic carbocycles. The number of benzene rings is 2. The molecule has 1 atom stereocenters. The van der Waals surface area contributed by atoms with Crippen molar-refractivity contribution >= 4 is 17.3 Å². The lowest BCUT2D eigenvalue weighted by Gasteiger charge is -2.21. The van der Waals surface area contributed by atoms with E-state index in [2.05, 4.69) is 5.32 Å². The maximum absolute atomic E-state index is 9.64. The summed E-state index contributed by atoms with van der Waals surface area (Å²) < 4.78 is 5.60. The minimum absolute atomic E-state index is 0.0211. The number of halogens is 1. The molecular weight excluding hydrogens is 274 g/mol. The molecule has 20 heavy (non-hydrogen) atoms. The summed E-state index contributed by atoms with van der Waals surface area (Å²) in [5.41, 5.74) is 1.84. The SMILES string of the molecule is CCOc1ccccc1C(CO)Nc1ccc(Cl)cc1. The number of nitrogens with one attached hydrogen (secondary N) is 1. The van der Waals surface area contributed by atoms with E-state index in [1.807, 2.05) is 55.5 Å². The van der Waals surface area contributed by atoms with Crippen LogP contribution in [0.15, 0.2) is 48.5 Å². The lowest BCUT2D eigenvalue weighted by Crippen LogP contribution is -2.16. The molecule has 3 nitrogen and oxygen atoms in total. The van der Waals surface area contributed by atoms with Gasteiger partial charge < -0.3 is 15.2 Å². The van der Waals surface area contributed by atoms with E-state index < -0.39 is 0 Å². The van der Waals surface area contributed by atoms with E-state index in [-0.39, 0.29) is 12.6 Å². The first kappa shape index (κ1) is 14.7. The van der Waals surface area contributed by atoms with Crippen molar-refractivity contribution in [1.82, 2.24) is 0 Å². The third kappa shape index (κ3) is 3.65. The third-order valence-electron chi connectivity index (χ3n) is 2.96. The van der Waals surface area contributed by atoms with Crippen molar-refractivity contribution in [3.8, 4) is 5.75 Å². The average molecular weight is 292 g/mol. The Hall–Kier alpha value is -1.71. The highest BCUT2D eigenvalue weighted by molar-refractivity contribution is 6.30. The number of hydrogen-bond donors (Lipinski definition) is 2. The average Bonchev–Trinajstić information content (AvgIpc) is 2.48. The number of ether oxygens (including phenoxy) is 1. The summed E-state index contributed by atoms with van der Waals surface area (Å²) >= 11 is 5.87. The molecule has 0 heterocycles. The molecule has 0 saturated heterocycles. The lowest BCUT2D eigenvalue weighted by molar-refractivity contribution is 0.270. The predicted octanol–water partition coefficient (Wildman–Crippen LogP) is 3.88. The molecule has 2 aromatic carbocycles. The fourth-order valence-corrected chi connectivity index (χ4v) is 2.15. The van der Waals surface area contributed by atoms with E-state index in [1.165, 1.54) is 0 Å². The van der Waals surface area contributed by atoms with Gasteiger partial charge in [-0.25, -0.2) is 0 Å². The molecule has 2 rings (SSSR count). The van der Waals surface area contributed by atoms with E-state index in [0.29, 0.717) is 11.6 Å². The largest absolute Gasteiger partial charge is 0.494 e. The van der Waals surface area contributed by atoms with Crippen LogP contribution in [-0.2, 0) is 0 Å². The van der Waals surface area contributed by atoms with E-state index in [1.54, 1.807) is 0 Å². The van der Waals surface area contributed by atoms with Crippen LogP contribution in [0.4, 0.5) is 5.69 Å². The summed E-state index contributed by atoms with van der Waals surface area (Å²) in [6.45, 7) is 2.51. The fourth-order valence-electron chi connectivity index (χ4n) is 2.02. The van der Waals surface area contributed by atoms with Crippen LogP contribution in [0.3, 0.4) is 0 Å². The molecule has 0 amide bonds. The summed E-state index contributed by atoms with van der Waals surface area (Å²) in [5, 5.41) is 13.6. The molecule has 0 spiro atoms. The topological polar surface area (TPSA) is 41.5 Å². The van der Waals surface area contributed by atoms with Gasteiger partial charge in [0.15, 0.2) is 0 Å². The van der Waals surface area contributed by atoms with Crippen LogP contribution < -0.4 is 10.1 Å².